The molecule has 0 heterocycles. The molecule has 0 saturated heterocycles. The Balaban J connectivity index is 3.31. The monoisotopic (exact) mass is 220 g/mol. The van der Waals surface area contributed by atoms with Gasteiger partial charge >= 0.3 is 0 Å². The Morgan fingerprint density at radius 1 is 1.50 bits per heavy atom. The number of hydrogen-bond acceptors (Lipinski definition) is 1. The maximum atomic E-state index is 9.17. The zero-order valence-corrected chi connectivity index (χ0v) is 7.70. The molecular formula is C7H6BrClO. The number of phenolic OH excluding ortho intramolecular Hbond substituents is 1. The van der Waals surface area contributed by atoms with Crippen LogP contribution in [0.25, 0.3) is 0 Å². The predicted octanol–water partition coefficient (Wildman–Crippen LogP) is 3.12. The van der Waals surface area contributed by atoms with Gasteiger partial charge in [0.05, 0.1) is 0 Å². The third-order valence-corrected chi connectivity index (χ3v) is 2.32. The summed E-state index contributed by atoms with van der Waals surface area (Å²) in [5, 5.41) is 9.70. The second-order valence-electron chi connectivity index (χ2n) is 2.03. The van der Waals surface area contributed by atoms with E-state index in [4.69, 9.17) is 16.7 Å². The standard InChI is InChI=1S/C7H6BrClO/c1-4-6(8)2-5(9)3-7(4)10/h2-3,10H,1H3. The molecule has 0 saturated carbocycles. The van der Waals surface area contributed by atoms with E-state index >= 15 is 0 Å². The second-order valence-corrected chi connectivity index (χ2v) is 3.32. The van der Waals surface area contributed by atoms with E-state index in [1.54, 1.807) is 6.07 Å². The fourth-order valence-corrected chi connectivity index (χ4v) is 1.43. The first kappa shape index (κ1) is 7.89. The first-order valence-electron chi connectivity index (χ1n) is 2.76. The number of benzene rings is 1. The highest BCUT2D eigenvalue weighted by atomic mass is 79.9. The van der Waals surface area contributed by atoms with E-state index in [2.05, 4.69) is 15.9 Å². The highest BCUT2D eigenvalue weighted by molar-refractivity contribution is 9.10. The van der Waals surface area contributed by atoms with Crippen molar-refractivity contribution in [2.45, 2.75) is 6.92 Å². The zero-order valence-electron chi connectivity index (χ0n) is 5.36. The lowest BCUT2D eigenvalue weighted by molar-refractivity contribution is 0.470. The van der Waals surface area contributed by atoms with Gasteiger partial charge in [-0.1, -0.05) is 27.5 Å². The quantitative estimate of drug-likeness (QED) is 0.714. The molecule has 0 unspecified atom stereocenters. The molecule has 0 aromatic heterocycles. The minimum atomic E-state index is 0.222. The molecule has 0 bridgehead atoms. The first-order chi connectivity index (χ1) is 4.61. The van der Waals surface area contributed by atoms with Crippen LogP contribution in [0.4, 0.5) is 0 Å². The Labute approximate surface area is 72.8 Å². The van der Waals surface area contributed by atoms with E-state index in [0.29, 0.717) is 5.02 Å². The number of rotatable bonds is 0. The van der Waals surface area contributed by atoms with Crippen molar-refractivity contribution in [3.8, 4) is 5.75 Å². The van der Waals surface area contributed by atoms with Crippen LogP contribution < -0.4 is 0 Å². The van der Waals surface area contributed by atoms with Gasteiger partial charge in [0.2, 0.25) is 0 Å². The summed E-state index contributed by atoms with van der Waals surface area (Å²) in [4.78, 5) is 0. The van der Waals surface area contributed by atoms with Gasteiger partial charge in [0, 0.05) is 15.1 Å². The van der Waals surface area contributed by atoms with Crippen LogP contribution in [-0.2, 0) is 0 Å². The van der Waals surface area contributed by atoms with Gasteiger partial charge in [-0.25, -0.2) is 0 Å². The molecule has 0 aliphatic heterocycles. The molecule has 1 nitrogen and oxygen atoms in total. The summed E-state index contributed by atoms with van der Waals surface area (Å²) in [5.74, 6) is 0.222. The van der Waals surface area contributed by atoms with Crippen LogP contribution in [0.3, 0.4) is 0 Å². The van der Waals surface area contributed by atoms with Gasteiger partial charge in [-0.3, -0.25) is 0 Å². The van der Waals surface area contributed by atoms with Gasteiger partial charge in [0.25, 0.3) is 0 Å². The molecule has 1 rings (SSSR count). The third-order valence-electron chi connectivity index (χ3n) is 1.28. The van der Waals surface area contributed by atoms with Crippen LogP contribution in [0.1, 0.15) is 5.56 Å². The third kappa shape index (κ3) is 1.44. The number of aromatic hydroxyl groups is 1. The Morgan fingerprint density at radius 2 is 2.10 bits per heavy atom. The van der Waals surface area contributed by atoms with E-state index < -0.39 is 0 Å². The highest BCUT2D eigenvalue weighted by Crippen LogP contribution is 2.28. The fraction of sp³-hybridized carbons (Fsp3) is 0.143. The summed E-state index contributed by atoms with van der Waals surface area (Å²) in [7, 11) is 0. The van der Waals surface area contributed by atoms with Crippen molar-refractivity contribution in [2.75, 3.05) is 0 Å². The lowest BCUT2D eigenvalue weighted by Crippen LogP contribution is -1.76. The van der Waals surface area contributed by atoms with E-state index in [-0.39, 0.29) is 5.75 Å². The van der Waals surface area contributed by atoms with Crippen LogP contribution in [0.5, 0.6) is 5.75 Å². The molecule has 0 aliphatic rings. The molecule has 0 aliphatic carbocycles. The lowest BCUT2D eigenvalue weighted by atomic mass is 10.2. The Morgan fingerprint density at radius 3 is 2.60 bits per heavy atom. The van der Waals surface area contributed by atoms with Gasteiger partial charge in [0.15, 0.2) is 0 Å². The Kier molecular flexibility index (Phi) is 2.21. The Bertz CT molecular complexity index is 237. The van der Waals surface area contributed by atoms with Crippen LogP contribution >= 0.6 is 27.5 Å². The van der Waals surface area contributed by atoms with Gasteiger partial charge in [-0.15, -0.1) is 0 Å². The van der Waals surface area contributed by atoms with E-state index in [0.717, 1.165) is 10.0 Å². The number of halogens is 2. The predicted molar refractivity (Wildman–Crippen MR) is 45.6 cm³/mol. The van der Waals surface area contributed by atoms with E-state index in [1.165, 1.54) is 6.07 Å². The molecule has 0 radical (unpaired) electrons. The lowest BCUT2D eigenvalue weighted by Gasteiger charge is -2.00. The summed E-state index contributed by atoms with van der Waals surface area (Å²) < 4.78 is 0.831. The van der Waals surface area contributed by atoms with Crippen LogP contribution in [0.2, 0.25) is 5.02 Å². The van der Waals surface area contributed by atoms with Crippen molar-refractivity contribution in [1.82, 2.24) is 0 Å². The van der Waals surface area contributed by atoms with Gasteiger partial charge in [-0.05, 0) is 19.1 Å². The molecule has 1 N–H and O–H groups in total. The normalized spacial score (nSPS) is 9.90. The molecule has 10 heavy (non-hydrogen) atoms. The van der Waals surface area contributed by atoms with Crippen molar-refractivity contribution in [3.63, 3.8) is 0 Å². The highest BCUT2D eigenvalue weighted by Gasteiger charge is 2.01. The topological polar surface area (TPSA) is 20.2 Å². The second kappa shape index (κ2) is 2.81. The Hall–Kier alpha value is -0.210. The van der Waals surface area contributed by atoms with Crippen molar-refractivity contribution in [2.24, 2.45) is 0 Å². The van der Waals surface area contributed by atoms with Crippen molar-refractivity contribution >= 4 is 27.5 Å². The molecule has 1 aromatic rings. The van der Waals surface area contributed by atoms with Crippen LogP contribution in [0.15, 0.2) is 16.6 Å². The summed E-state index contributed by atoms with van der Waals surface area (Å²) in [6.45, 7) is 1.82. The van der Waals surface area contributed by atoms with Gasteiger partial charge in [0.1, 0.15) is 5.75 Å². The maximum Gasteiger partial charge on any atom is 0.121 e. The first-order valence-corrected chi connectivity index (χ1v) is 3.93. The molecule has 0 fully saturated rings. The molecule has 0 amide bonds. The summed E-state index contributed by atoms with van der Waals surface area (Å²) in [5.41, 5.74) is 0.810. The van der Waals surface area contributed by atoms with Gasteiger partial charge < -0.3 is 5.11 Å². The molecular weight excluding hydrogens is 215 g/mol. The van der Waals surface area contributed by atoms with Crippen molar-refractivity contribution in [3.05, 3.63) is 27.2 Å². The van der Waals surface area contributed by atoms with Crippen molar-refractivity contribution in [1.29, 1.82) is 0 Å². The number of phenols is 1. The van der Waals surface area contributed by atoms with Crippen LogP contribution in [-0.4, -0.2) is 5.11 Å². The average Bonchev–Trinajstić information content (AvgIpc) is 1.82. The number of hydrogen-bond donors (Lipinski definition) is 1. The minimum absolute atomic E-state index is 0.222. The molecule has 0 atom stereocenters. The molecule has 1 aromatic carbocycles. The fourth-order valence-electron chi connectivity index (χ4n) is 0.632. The smallest absolute Gasteiger partial charge is 0.121 e. The van der Waals surface area contributed by atoms with Crippen LogP contribution in [0, 0.1) is 6.92 Å². The van der Waals surface area contributed by atoms with Gasteiger partial charge in [-0.2, -0.15) is 0 Å². The average molecular weight is 221 g/mol. The summed E-state index contributed by atoms with van der Waals surface area (Å²) in [6, 6.07) is 3.26. The molecule has 3 heteroatoms. The summed E-state index contributed by atoms with van der Waals surface area (Å²) >= 11 is 8.88. The molecule has 54 valence electrons. The summed E-state index contributed by atoms with van der Waals surface area (Å²) in [6.07, 6.45) is 0. The largest absolute Gasteiger partial charge is 0.508 e. The van der Waals surface area contributed by atoms with E-state index in [9.17, 15) is 0 Å². The maximum absolute atomic E-state index is 9.17. The molecule has 0 spiro atoms. The SMILES string of the molecule is Cc1c(O)cc(Cl)cc1Br. The van der Waals surface area contributed by atoms with E-state index in [1.807, 2.05) is 6.92 Å². The minimum Gasteiger partial charge on any atom is -0.508 e. The zero-order chi connectivity index (χ0) is 7.72. The van der Waals surface area contributed by atoms with Crippen molar-refractivity contribution < 1.29 is 5.11 Å².